The van der Waals surface area contributed by atoms with E-state index in [0.717, 1.165) is 65.4 Å². The Labute approximate surface area is 236 Å². The van der Waals surface area contributed by atoms with Crippen LogP contribution in [-0.2, 0) is 0 Å². The topological polar surface area (TPSA) is 72.0 Å². The number of carbonyl (C=O) groups is 1. The van der Waals surface area contributed by atoms with Crippen LogP contribution < -0.4 is 16.0 Å². The third-order valence-electron chi connectivity index (χ3n) is 7.09. The van der Waals surface area contributed by atoms with Gasteiger partial charge < -0.3 is 25.8 Å². The van der Waals surface area contributed by atoms with Gasteiger partial charge in [0.05, 0.1) is 0 Å². The Kier molecular flexibility index (Phi) is 8.29. The number of benzene rings is 2. The fourth-order valence-electron chi connectivity index (χ4n) is 4.73. The predicted molar refractivity (Wildman–Crippen MR) is 163 cm³/mol. The summed E-state index contributed by atoms with van der Waals surface area (Å²) < 4.78 is 0. The van der Waals surface area contributed by atoms with Crippen molar-refractivity contribution in [2.45, 2.75) is 20.0 Å². The van der Waals surface area contributed by atoms with Crippen LogP contribution in [0.1, 0.15) is 28.4 Å². The molecule has 2 aromatic rings. The SMILES string of the molecule is C=N/C(=C\C(C#CC1=CNC2C=CC(c3ccc(C(=O)N4CCNCC4)cc3)=CN12)=C/C)Nc1ccccc1C. The summed E-state index contributed by atoms with van der Waals surface area (Å²) in [4.78, 5) is 21.0. The quantitative estimate of drug-likeness (QED) is 0.289. The summed E-state index contributed by atoms with van der Waals surface area (Å²) in [6.45, 7) is 10.9. The van der Waals surface area contributed by atoms with E-state index in [1.54, 1.807) is 0 Å². The van der Waals surface area contributed by atoms with Crippen LogP contribution in [0.4, 0.5) is 5.69 Å². The number of anilines is 1. The van der Waals surface area contributed by atoms with Crippen molar-refractivity contribution in [1.29, 1.82) is 0 Å². The molecule has 7 heteroatoms. The Hall–Kier alpha value is -4.80. The van der Waals surface area contributed by atoms with Crippen molar-refractivity contribution in [3.8, 4) is 11.8 Å². The van der Waals surface area contributed by atoms with Crippen LogP contribution in [0.5, 0.6) is 0 Å². The second kappa shape index (κ2) is 12.4. The minimum absolute atomic E-state index is 0.0133. The van der Waals surface area contributed by atoms with E-state index >= 15 is 0 Å². The number of rotatable bonds is 6. The summed E-state index contributed by atoms with van der Waals surface area (Å²) in [5, 5.41) is 9.99. The number of aryl methyl sites for hydroxylation is 1. The molecule has 1 amide bonds. The number of aliphatic imine (C=N–C) groups is 1. The molecule has 40 heavy (non-hydrogen) atoms. The lowest BCUT2D eigenvalue weighted by Crippen LogP contribution is -2.46. The van der Waals surface area contributed by atoms with E-state index < -0.39 is 0 Å². The van der Waals surface area contributed by atoms with E-state index in [-0.39, 0.29) is 12.1 Å². The van der Waals surface area contributed by atoms with E-state index in [4.69, 9.17) is 0 Å². The lowest BCUT2D eigenvalue weighted by Gasteiger charge is -2.27. The highest BCUT2D eigenvalue weighted by molar-refractivity contribution is 5.94. The molecule has 0 saturated carbocycles. The molecule has 7 nitrogen and oxygen atoms in total. The minimum Gasteiger partial charge on any atom is -0.365 e. The summed E-state index contributed by atoms with van der Waals surface area (Å²) in [7, 11) is 0. The summed E-state index contributed by atoms with van der Waals surface area (Å²) in [6.07, 6.45) is 12.1. The normalized spacial score (nSPS) is 18.6. The summed E-state index contributed by atoms with van der Waals surface area (Å²) in [5.74, 6) is 7.30. The zero-order chi connectivity index (χ0) is 27.9. The van der Waals surface area contributed by atoms with Crippen LogP contribution >= 0.6 is 0 Å². The van der Waals surface area contributed by atoms with Gasteiger partial charge in [0.15, 0.2) is 0 Å². The number of nitrogens with one attached hydrogen (secondary N) is 3. The van der Waals surface area contributed by atoms with Crippen molar-refractivity contribution in [1.82, 2.24) is 20.4 Å². The average molecular weight is 531 g/mol. The number of hydrogen-bond acceptors (Lipinski definition) is 6. The monoisotopic (exact) mass is 530 g/mol. The van der Waals surface area contributed by atoms with Crippen LogP contribution in [0.15, 0.2) is 107 Å². The first kappa shape index (κ1) is 26.8. The van der Waals surface area contributed by atoms with E-state index in [0.29, 0.717) is 5.82 Å². The third kappa shape index (κ3) is 6.09. The molecule has 0 aromatic heterocycles. The number of fused-ring (bicyclic) bond motifs is 1. The molecule has 1 unspecified atom stereocenters. The molecule has 0 aliphatic carbocycles. The van der Waals surface area contributed by atoms with Gasteiger partial charge in [-0.2, -0.15) is 0 Å². The molecule has 3 heterocycles. The zero-order valence-electron chi connectivity index (χ0n) is 22.9. The van der Waals surface area contributed by atoms with Crippen molar-refractivity contribution < 1.29 is 4.79 Å². The molecule has 202 valence electrons. The number of piperazine rings is 1. The van der Waals surface area contributed by atoms with Gasteiger partial charge in [0.25, 0.3) is 5.91 Å². The number of nitrogens with zero attached hydrogens (tertiary/aromatic N) is 3. The minimum atomic E-state index is 0.0133. The molecule has 3 aliphatic rings. The highest BCUT2D eigenvalue weighted by Gasteiger charge is 2.24. The molecule has 2 aromatic carbocycles. The van der Waals surface area contributed by atoms with E-state index in [2.05, 4.69) is 62.8 Å². The van der Waals surface area contributed by atoms with Crippen LogP contribution in [-0.4, -0.2) is 54.8 Å². The smallest absolute Gasteiger partial charge is 0.253 e. The highest BCUT2D eigenvalue weighted by atomic mass is 16.2. The Morgan fingerprint density at radius 2 is 1.93 bits per heavy atom. The largest absolute Gasteiger partial charge is 0.365 e. The molecule has 0 bridgehead atoms. The lowest BCUT2D eigenvalue weighted by molar-refractivity contribution is 0.0736. The standard InChI is InChI=1S/C33H34N6O/c1-4-25(21-31(34-3)37-30-8-6-5-7-24(30)2)9-15-29-22-36-32-16-14-28(23-39(29)32)26-10-12-27(13-11-26)33(40)38-19-17-35-18-20-38/h4-8,10-14,16,21-23,32,35-37H,3,17-20H2,1-2H3/b25-4-,31-21+. The summed E-state index contributed by atoms with van der Waals surface area (Å²) in [5.41, 5.74) is 6.62. The maximum absolute atomic E-state index is 12.8. The third-order valence-corrected chi connectivity index (χ3v) is 7.09. The molecular formula is C33H34N6O. The van der Waals surface area contributed by atoms with Gasteiger partial charge in [0.1, 0.15) is 17.7 Å². The number of allylic oxidation sites excluding steroid dienone is 6. The Morgan fingerprint density at radius 1 is 1.15 bits per heavy atom. The number of amides is 1. The first-order valence-electron chi connectivity index (χ1n) is 13.5. The van der Waals surface area contributed by atoms with Gasteiger partial charge in [-0.05, 0) is 73.5 Å². The fraction of sp³-hybridized carbons (Fsp3) is 0.212. The van der Waals surface area contributed by atoms with Gasteiger partial charge in [-0.1, -0.05) is 48.4 Å². The van der Waals surface area contributed by atoms with Gasteiger partial charge in [0.2, 0.25) is 0 Å². The molecule has 1 fully saturated rings. The van der Waals surface area contributed by atoms with Gasteiger partial charge in [0, 0.05) is 55.4 Å². The van der Waals surface area contributed by atoms with Gasteiger partial charge in [-0.25, -0.2) is 4.99 Å². The Bertz CT molecular complexity index is 1490. The second-order valence-corrected chi connectivity index (χ2v) is 9.73. The molecule has 1 saturated heterocycles. The maximum atomic E-state index is 12.8. The van der Waals surface area contributed by atoms with Crippen LogP contribution in [0.25, 0.3) is 5.57 Å². The maximum Gasteiger partial charge on any atom is 0.253 e. The van der Waals surface area contributed by atoms with Gasteiger partial charge >= 0.3 is 0 Å². The van der Waals surface area contributed by atoms with Crippen LogP contribution in [0.3, 0.4) is 0 Å². The lowest BCUT2D eigenvalue weighted by atomic mass is 10.0. The second-order valence-electron chi connectivity index (χ2n) is 9.73. The Balaban J connectivity index is 1.29. The van der Waals surface area contributed by atoms with E-state index in [1.807, 2.05) is 85.6 Å². The fourth-order valence-corrected chi connectivity index (χ4v) is 4.73. The first-order chi connectivity index (χ1) is 19.6. The van der Waals surface area contributed by atoms with Crippen molar-refractivity contribution in [2.24, 2.45) is 4.99 Å². The first-order valence-corrected chi connectivity index (χ1v) is 13.5. The molecule has 0 radical (unpaired) electrons. The predicted octanol–water partition coefficient (Wildman–Crippen LogP) is 4.63. The van der Waals surface area contributed by atoms with Crippen LogP contribution in [0, 0.1) is 18.8 Å². The molecule has 0 spiro atoms. The average Bonchev–Trinajstić information content (AvgIpc) is 3.42. The number of hydrogen-bond donors (Lipinski definition) is 3. The number of para-hydroxylation sites is 1. The van der Waals surface area contributed by atoms with E-state index in [1.165, 1.54) is 0 Å². The molecule has 5 rings (SSSR count). The van der Waals surface area contributed by atoms with Gasteiger partial charge in [-0.3, -0.25) is 4.79 Å². The van der Waals surface area contributed by atoms with Crippen LogP contribution in [0.2, 0.25) is 0 Å². The van der Waals surface area contributed by atoms with Crippen molar-refractivity contribution >= 4 is 23.9 Å². The molecular weight excluding hydrogens is 496 g/mol. The summed E-state index contributed by atoms with van der Waals surface area (Å²) >= 11 is 0. The van der Waals surface area contributed by atoms with Gasteiger partial charge in [-0.15, -0.1) is 0 Å². The Morgan fingerprint density at radius 3 is 2.65 bits per heavy atom. The molecule has 1 atom stereocenters. The van der Waals surface area contributed by atoms with E-state index in [9.17, 15) is 4.79 Å². The highest BCUT2D eigenvalue weighted by Crippen LogP contribution is 2.27. The van der Waals surface area contributed by atoms with Crippen molar-refractivity contribution in [3.63, 3.8) is 0 Å². The zero-order valence-corrected chi connectivity index (χ0v) is 22.9. The summed E-state index contributed by atoms with van der Waals surface area (Å²) in [6, 6.07) is 15.9. The molecule has 3 aliphatic heterocycles. The van der Waals surface area contributed by atoms with Crippen molar-refractivity contribution in [3.05, 3.63) is 119 Å². The molecule has 3 N–H and O–H groups in total. The number of carbonyl (C=O) groups excluding carboxylic acids is 1. The van der Waals surface area contributed by atoms with Crippen molar-refractivity contribution in [2.75, 3.05) is 31.5 Å².